The lowest BCUT2D eigenvalue weighted by molar-refractivity contribution is -0.141. The minimum absolute atomic E-state index is 0.0352. The van der Waals surface area contributed by atoms with Crippen molar-refractivity contribution in [1.29, 1.82) is 0 Å². The Morgan fingerprint density at radius 1 is 1.00 bits per heavy atom. The van der Waals surface area contributed by atoms with Crippen molar-refractivity contribution in [2.75, 3.05) is 11.9 Å². The lowest BCUT2D eigenvalue weighted by Crippen LogP contribution is -2.53. The molecule has 2 atom stereocenters. The van der Waals surface area contributed by atoms with Gasteiger partial charge in [-0.05, 0) is 77.1 Å². The molecule has 4 N–H and O–H groups in total. The maximum Gasteiger partial charge on any atom is 0.408 e. The number of aryl methyl sites for hydroxylation is 3. The predicted octanol–water partition coefficient (Wildman–Crippen LogP) is 4.69. The molecule has 0 saturated carbocycles. The van der Waals surface area contributed by atoms with E-state index in [4.69, 9.17) is 10.5 Å². The second-order valence-corrected chi connectivity index (χ2v) is 10.8. The third kappa shape index (κ3) is 9.42. The molecule has 0 heterocycles. The molecule has 0 radical (unpaired) electrons. The summed E-state index contributed by atoms with van der Waals surface area (Å²) >= 11 is 0. The van der Waals surface area contributed by atoms with Gasteiger partial charge >= 0.3 is 6.09 Å². The van der Waals surface area contributed by atoms with E-state index >= 15 is 0 Å². The Morgan fingerprint density at radius 3 is 2.26 bits per heavy atom. The summed E-state index contributed by atoms with van der Waals surface area (Å²) < 4.78 is 5.37. The van der Waals surface area contributed by atoms with Crippen molar-refractivity contribution in [2.24, 2.45) is 5.73 Å². The van der Waals surface area contributed by atoms with Gasteiger partial charge in [-0.1, -0.05) is 48.9 Å². The van der Waals surface area contributed by atoms with Gasteiger partial charge in [-0.2, -0.15) is 0 Å². The molecule has 2 unspecified atom stereocenters. The van der Waals surface area contributed by atoms with E-state index in [1.165, 1.54) is 4.90 Å². The van der Waals surface area contributed by atoms with Crippen molar-refractivity contribution in [2.45, 2.75) is 85.4 Å². The predicted molar refractivity (Wildman–Crippen MR) is 152 cm³/mol. The molecule has 0 spiro atoms. The quantitative estimate of drug-likeness (QED) is 0.382. The molecule has 9 heteroatoms. The fraction of sp³-hybridized carbons (Fsp3) is 0.467. The number of nitrogens with one attached hydrogen (secondary N) is 2. The summed E-state index contributed by atoms with van der Waals surface area (Å²) in [6.07, 6.45) is -0.406. The van der Waals surface area contributed by atoms with Crippen LogP contribution in [0.3, 0.4) is 0 Å². The van der Waals surface area contributed by atoms with Crippen LogP contribution in [0.25, 0.3) is 0 Å². The van der Waals surface area contributed by atoms with Crippen LogP contribution in [0.15, 0.2) is 42.5 Å². The molecule has 2 aromatic rings. The van der Waals surface area contributed by atoms with E-state index in [-0.39, 0.29) is 25.3 Å². The van der Waals surface area contributed by atoms with E-state index in [9.17, 15) is 19.2 Å². The molecule has 2 rings (SSSR count). The Labute approximate surface area is 231 Å². The number of carbonyl (C=O) groups excluding carboxylic acids is 4. The van der Waals surface area contributed by atoms with Gasteiger partial charge in [0.15, 0.2) is 0 Å². The Bertz CT molecular complexity index is 1190. The van der Waals surface area contributed by atoms with Crippen molar-refractivity contribution in [3.63, 3.8) is 0 Å². The molecular formula is C30H42N4O5. The van der Waals surface area contributed by atoms with Gasteiger partial charge < -0.3 is 26.0 Å². The molecule has 9 nitrogen and oxygen atoms in total. The van der Waals surface area contributed by atoms with Gasteiger partial charge in [0.1, 0.15) is 17.7 Å². The van der Waals surface area contributed by atoms with E-state index in [0.29, 0.717) is 17.7 Å². The molecule has 2 aromatic carbocycles. The number of primary amides is 1. The number of para-hydroxylation sites is 1. The van der Waals surface area contributed by atoms with Crippen LogP contribution in [0.4, 0.5) is 10.5 Å². The van der Waals surface area contributed by atoms with Crippen molar-refractivity contribution in [3.05, 3.63) is 64.7 Å². The summed E-state index contributed by atoms with van der Waals surface area (Å²) in [5.41, 5.74) is 8.55. The topological polar surface area (TPSA) is 131 Å². The van der Waals surface area contributed by atoms with Crippen LogP contribution in [-0.2, 0) is 19.1 Å². The molecule has 0 aliphatic rings. The largest absolute Gasteiger partial charge is 0.444 e. The highest BCUT2D eigenvalue weighted by Crippen LogP contribution is 2.29. The summed E-state index contributed by atoms with van der Waals surface area (Å²) in [5.74, 6) is -1.50. The Hall–Kier alpha value is -3.88. The second-order valence-electron chi connectivity index (χ2n) is 10.8. The van der Waals surface area contributed by atoms with Crippen LogP contribution in [0.2, 0.25) is 0 Å². The zero-order valence-corrected chi connectivity index (χ0v) is 24.1. The summed E-state index contributed by atoms with van der Waals surface area (Å²) in [6.45, 7) is 13.0. The molecule has 4 amide bonds. The van der Waals surface area contributed by atoms with Crippen LogP contribution >= 0.6 is 0 Å². The monoisotopic (exact) mass is 538 g/mol. The molecule has 0 bridgehead atoms. The van der Waals surface area contributed by atoms with Crippen LogP contribution < -0.4 is 16.4 Å². The first-order valence-electron chi connectivity index (χ1n) is 13.3. The van der Waals surface area contributed by atoms with Crippen LogP contribution in [0.1, 0.15) is 75.3 Å². The smallest absolute Gasteiger partial charge is 0.408 e. The summed E-state index contributed by atoms with van der Waals surface area (Å²) in [5, 5.41) is 5.60. The first-order valence-corrected chi connectivity index (χ1v) is 13.3. The van der Waals surface area contributed by atoms with Gasteiger partial charge in [0, 0.05) is 18.7 Å². The molecule has 212 valence electrons. The maximum atomic E-state index is 14.1. The number of hydrogen-bond acceptors (Lipinski definition) is 5. The third-order valence-corrected chi connectivity index (χ3v) is 6.11. The molecule has 0 saturated heterocycles. The SMILES string of the molecule is CCCN(C(=O)C(CCC(N)=O)NC(=O)OC(C)(C)C)C(C(=O)Nc1ccccc1C)c1cc(C)ccc1C. The van der Waals surface area contributed by atoms with Crippen LogP contribution in [0.5, 0.6) is 0 Å². The number of nitrogens with zero attached hydrogens (tertiary/aromatic N) is 1. The molecule has 0 aliphatic heterocycles. The molecule has 0 fully saturated rings. The highest BCUT2D eigenvalue weighted by atomic mass is 16.6. The Kier molecular flexibility index (Phi) is 11.1. The number of alkyl carbamates (subject to hydrolysis) is 1. The third-order valence-electron chi connectivity index (χ3n) is 6.11. The molecular weight excluding hydrogens is 496 g/mol. The number of anilines is 1. The lowest BCUT2D eigenvalue weighted by Gasteiger charge is -2.35. The molecule has 39 heavy (non-hydrogen) atoms. The molecule has 0 aliphatic carbocycles. The van der Waals surface area contributed by atoms with Crippen LogP contribution in [0, 0.1) is 20.8 Å². The van der Waals surface area contributed by atoms with Crippen molar-refractivity contribution >= 4 is 29.5 Å². The van der Waals surface area contributed by atoms with Gasteiger partial charge in [-0.15, -0.1) is 0 Å². The zero-order chi connectivity index (χ0) is 29.3. The first kappa shape index (κ1) is 31.3. The number of benzene rings is 2. The summed E-state index contributed by atoms with van der Waals surface area (Å²) in [7, 11) is 0. The number of rotatable bonds is 11. The number of carbonyl (C=O) groups is 4. The second kappa shape index (κ2) is 13.8. The zero-order valence-electron chi connectivity index (χ0n) is 24.1. The van der Waals surface area contributed by atoms with Crippen LogP contribution in [-0.4, -0.2) is 46.9 Å². The minimum Gasteiger partial charge on any atom is -0.444 e. The van der Waals surface area contributed by atoms with Gasteiger partial charge in [0.2, 0.25) is 11.8 Å². The number of hydrogen-bond donors (Lipinski definition) is 3. The summed E-state index contributed by atoms with van der Waals surface area (Å²) in [6, 6.07) is 11.0. The number of amides is 4. The van der Waals surface area contributed by atoms with Crippen molar-refractivity contribution in [3.8, 4) is 0 Å². The van der Waals surface area contributed by atoms with E-state index in [1.807, 2.05) is 64.1 Å². The summed E-state index contributed by atoms with van der Waals surface area (Å²) in [4.78, 5) is 53.8. The van der Waals surface area contributed by atoms with E-state index in [1.54, 1.807) is 26.8 Å². The van der Waals surface area contributed by atoms with Crippen molar-refractivity contribution < 1.29 is 23.9 Å². The fourth-order valence-corrected chi connectivity index (χ4v) is 4.22. The standard InChI is InChI=1S/C30H42N4O5/c1-8-17-34(28(37)24(15-16-25(31)35)33-29(38)39-30(5,6)7)26(22-18-19(2)13-14-20(22)3)27(36)32-23-12-10-9-11-21(23)4/h9-14,18,24,26H,8,15-17H2,1-7H3,(H2,31,35)(H,32,36)(H,33,38). The number of nitrogens with two attached hydrogens (primary N) is 1. The first-order chi connectivity index (χ1) is 18.2. The van der Waals surface area contributed by atoms with E-state index in [2.05, 4.69) is 10.6 Å². The Morgan fingerprint density at radius 2 is 1.67 bits per heavy atom. The fourth-order valence-electron chi connectivity index (χ4n) is 4.22. The normalized spacial score (nSPS) is 12.7. The van der Waals surface area contributed by atoms with E-state index in [0.717, 1.165) is 16.7 Å². The Balaban J connectivity index is 2.57. The van der Waals surface area contributed by atoms with Crippen molar-refractivity contribution in [1.82, 2.24) is 10.2 Å². The minimum atomic E-state index is -1.13. The average molecular weight is 539 g/mol. The highest BCUT2D eigenvalue weighted by Gasteiger charge is 2.37. The highest BCUT2D eigenvalue weighted by molar-refractivity contribution is 5.99. The van der Waals surface area contributed by atoms with E-state index < -0.39 is 35.6 Å². The van der Waals surface area contributed by atoms with Gasteiger partial charge in [0.05, 0.1) is 0 Å². The van der Waals surface area contributed by atoms with Gasteiger partial charge in [0.25, 0.3) is 5.91 Å². The average Bonchev–Trinajstić information content (AvgIpc) is 2.83. The lowest BCUT2D eigenvalue weighted by atomic mass is 9.95. The number of ether oxygens (including phenoxy) is 1. The van der Waals surface area contributed by atoms with Gasteiger partial charge in [-0.25, -0.2) is 4.79 Å². The maximum absolute atomic E-state index is 14.1. The van der Waals surface area contributed by atoms with Gasteiger partial charge in [-0.3, -0.25) is 14.4 Å². The molecule has 0 aromatic heterocycles.